The monoisotopic (exact) mass is 153 g/mol. The highest BCUT2D eigenvalue weighted by Crippen LogP contribution is 2.45. The molecule has 0 spiro atoms. The fourth-order valence-corrected chi connectivity index (χ4v) is 1.37. The second kappa shape index (κ2) is 2.54. The second-order valence-electron chi connectivity index (χ2n) is 4.12. The van der Waals surface area contributed by atoms with Crippen molar-refractivity contribution in [2.24, 2.45) is 5.41 Å². The minimum atomic E-state index is 0.387. The molecule has 0 radical (unpaired) electrons. The molecule has 0 aromatic rings. The summed E-state index contributed by atoms with van der Waals surface area (Å²) < 4.78 is 0. The summed E-state index contributed by atoms with van der Waals surface area (Å²) >= 11 is 0. The summed E-state index contributed by atoms with van der Waals surface area (Å²) in [6, 6.07) is 0.683. The molecule has 0 saturated heterocycles. The highest BCUT2D eigenvalue weighted by molar-refractivity contribution is 5.34. The third kappa shape index (κ3) is 1.58. The standard InChI is InChI=1S/C10H19N/c1-6-8(2)11(5)9-7-10(9,3)4/h7-8H,6H2,1-5H3. The van der Waals surface area contributed by atoms with Gasteiger partial charge in [-0.05, 0) is 13.3 Å². The van der Waals surface area contributed by atoms with Gasteiger partial charge in [-0.1, -0.05) is 26.8 Å². The molecule has 1 rings (SSSR count). The van der Waals surface area contributed by atoms with Crippen LogP contribution in [-0.4, -0.2) is 18.0 Å². The first-order valence-corrected chi connectivity index (χ1v) is 4.45. The molecule has 1 heteroatoms. The molecule has 1 aliphatic carbocycles. The van der Waals surface area contributed by atoms with E-state index in [0.717, 1.165) is 0 Å². The van der Waals surface area contributed by atoms with Crippen molar-refractivity contribution in [2.75, 3.05) is 7.05 Å². The lowest BCUT2D eigenvalue weighted by Crippen LogP contribution is -2.26. The van der Waals surface area contributed by atoms with Crippen LogP contribution in [0.5, 0.6) is 0 Å². The van der Waals surface area contributed by atoms with E-state index >= 15 is 0 Å². The minimum Gasteiger partial charge on any atom is -0.375 e. The molecular formula is C10H19N. The van der Waals surface area contributed by atoms with Gasteiger partial charge in [0.05, 0.1) is 0 Å². The first-order valence-electron chi connectivity index (χ1n) is 4.45. The Morgan fingerprint density at radius 1 is 1.55 bits per heavy atom. The number of rotatable bonds is 3. The van der Waals surface area contributed by atoms with Gasteiger partial charge in [-0.3, -0.25) is 0 Å². The zero-order valence-corrected chi connectivity index (χ0v) is 8.31. The van der Waals surface area contributed by atoms with Crippen molar-refractivity contribution in [3.05, 3.63) is 11.8 Å². The van der Waals surface area contributed by atoms with E-state index in [4.69, 9.17) is 0 Å². The third-order valence-corrected chi connectivity index (χ3v) is 2.71. The molecular weight excluding hydrogens is 134 g/mol. The van der Waals surface area contributed by atoms with Crippen LogP contribution in [0.1, 0.15) is 34.1 Å². The zero-order chi connectivity index (χ0) is 8.65. The molecule has 1 nitrogen and oxygen atoms in total. The predicted molar refractivity (Wildman–Crippen MR) is 49.4 cm³/mol. The van der Waals surface area contributed by atoms with Gasteiger partial charge in [0, 0.05) is 24.2 Å². The lowest BCUT2D eigenvalue weighted by Gasteiger charge is -2.25. The normalized spacial score (nSPS) is 22.5. The second-order valence-corrected chi connectivity index (χ2v) is 4.12. The van der Waals surface area contributed by atoms with Gasteiger partial charge in [-0.15, -0.1) is 0 Å². The molecule has 1 atom stereocenters. The molecule has 0 saturated carbocycles. The summed E-state index contributed by atoms with van der Waals surface area (Å²) in [5.74, 6) is 0. The van der Waals surface area contributed by atoms with Gasteiger partial charge in [-0.25, -0.2) is 0 Å². The maximum Gasteiger partial charge on any atom is 0.0252 e. The Morgan fingerprint density at radius 3 is 2.27 bits per heavy atom. The molecule has 1 unspecified atom stereocenters. The van der Waals surface area contributed by atoms with E-state index in [0.29, 0.717) is 11.5 Å². The van der Waals surface area contributed by atoms with E-state index in [-0.39, 0.29) is 0 Å². The molecule has 11 heavy (non-hydrogen) atoms. The Hall–Kier alpha value is -0.460. The molecule has 0 heterocycles. The van der Waals surface area contributed by atoms with Crippen molar-refractivity contribution < 1.29 is 0 Å². The summed E-state index contributed by atoms with van der Waals surface area (Å²) in [4.78, 5) is 2.39. The van der Waals surface area contributed by atoms with Crippen molar-refractivity contribution in [2.45, 2.75) is 40.2 Å². The predicted octanol–water partition coefficient (Wildman–Crippen LogP) is 2.64. The number of nitrogens with zero attached hydrogens (tertiary/aromatic N) is 1. The Kier molecular flexibility index (Phi) is 2.00. The molecule has 0 amide bonds. The van der Waals surface area contributed by atoms with Crippen LogP contribution in [0.25, 0.3) is 0 Å². The van der Waals surface area contributed by atoms with Crippen molar-refractivity contribution in [1.82, 2.24) is 4.90 Å². The van der Waals surface area contributed by atoms with E-state index < -0.39 is 0 Å². The molecule has 0 bridgehead atoms. The first kappa shape index (κ1) is 8.63. The Labute approximate surface area is 70.1 Å². The SMILES string of the molecule is CCC(C)N(C)C1=CC1(C)C. The van der Waals surface area contributed by atoms with Gasteiger partial charge in [-0.2, -0.15) is 0 Å². The van der Waals surface area contributed by atoms with Crippen LogP contribution in [0.15, 0.2) is 11.8 Å². The number of allylic oxidation sites excluding steroid dienone is 2. The maximum atomic E-state index is 2.39. The largest absolute Gasteiger partial charge is 0.375 e. The van der Waals surface area contributed by atoms with Crippen LogP contribution in [0.3, 0.4) is 0 Å². The summed E-state index contributed by atoms with van der Waals surface area (Å²) in [6.07, 6.45) is 3.56. The molecule has 0 fully saturated rings. The van der Waals surface area contributed by atoms with Crippen LogP contribution in [0, 0.1) is 5.41 Å². The van der Waals surface area contributed by atoms with Gasteiger partial charge < -0.3 is 4.90 Å². The number of hydrogen-bond donors (Lipinski definition) is 0. The molecule has 0 aliphatic heterocycles. The maximum absolute atomic E-state index is 2.39. The van der Waals surface area contributed by atoms with Crippen LogP contribution in [0.4, 0.5) is 0 Å². The minimum absolute atomic E-state index is 0.387. The summed E-state index contributed by atoms with van der Waals surface area (Å²) in [5.41, 5.74) is 1.89. The lowest BCUT2D eigenvalue weighted by atomic mass is 10.1. The fraction of sp³-hybridized carbons (Fsp3) is 0.800. The quantitative estimate of drug-likeness (QED) is 0.602. The molecule has 0 N–H and O–H groups in total. The Balaban J connectivity index is 2.45. The molecule has 64 valence electrons. The number of hydrogen-bond acceptors (Lipinski definition) is 1. The fourth-order valence-electron chi connectivity index (χ4n) is 1.37. The van der Waals surface area contributed by atoms with E-state index in [1.165, 1.54) is 12.1 Å². The van der Waals surface area contributed by atoms with Crippen LogP contribution in [-0.2, 0) is 0 Å². The van der Waals surface area contributed by atoms with Crippen molar-refractivity contribution in [3.8, 4) is 0 Å². The van der Waals surface area contributed by atoms with Gasteiger partial charge in [0.15, 0.2) is 0 Å². The van der Waals surface area contributed by atoms with E-state index in [1.54, 1.807) is 0 Å². The highest BCUT2D eigenvalue weighted by atomic mass is 15.2. The smallest absolute Gasteiger partial charge is 0.0252 e. The van der Waals surface area contributed by atoms with Gasteiger partial charge in [0.2, 0.25) is 0 Å². The van der Waals surface area contributed by atoms with Crippen molar-refractivity contribution in [1.29, 1.82) is 0 Å². The van der Waals surface area contributed by atoms with Gasteiger partial charge >= 0.3 is 0 Å². The molecule has 1 aliphatic rings. The first-order chi connectivity index (χ1) is 4.99. The van der Waals surface area contributed by atoms with Crippen LogP contribution < -0.4 is 0 Å². The summed E-state index contributed by atoms with van der Waals surface area (Å²) in [7, 11) is 2.19. The topological polar surface area (TPSA) is 3.24 Å². The highest BCUT2D eigenvalue weighted by Gasteiger charge is 2.37. The van der Waals surface area contributed by atoms with Crippen molar-refractivity contribution >= 4 is 0 Å². The van der Waals surface area contributed by atoms with E-state index in [2.05, 4.69) is 45.7 Å². The molecule has 0 aromatic carbocycles. The average molecular weight is 153 g/mol. The third-order valence-electron chi connectivity index (χ3n) is 2.71. The molecule has 0 aromatic heterocycles. The lowest BCUT2D eigenvalue weighted by molar-refractivity contribution is 0.302. The zero-order valence-electron chi connectivity index (χ0n) is 8.31. The summed E-state index contributed by atoms with van der Waals surface area (Å²) in [5, 5.41) is 0. The summed E-state index contributed by atoms with van der Waals surface area (Å²) in [6.45, 7) is 9.04. The van der Waals surface area contributed by atoms with Crippen LogP contribution >= 0.6 is 0 Å². The van der Waals surface area contributed by atoms with Gasteiger partial charge in [0.25, 0.3) is 0 Å². The average Bonchev–Trinajstić information content (AvgIpc) is 2.56. The van der Waals surface area contributed by atoms with Gasteiger partial charge in [0.1, 0.15) is 0 Å². The van der Waals surface area contributed by atoms with Crippen molar-refractivity contribution in [3.63, 3.8) is 0 Å². The Morgan fingerprint density at radius 2 is 2.00 bits per heavy atom. The van der Waals surface area contributed by atoms with E-state index in [1.807, 2.05) is 0 Å². The van der Waals surface area contributed by atoms with E-state index in [9.17, 15) is 0 Å². The van der Waals surface area contributed by atoms with Crippen LogP contribution in [0.2, 0.25) is 0 Å². The Bertz CT molecular complexity index is 179.